The van der Waals surface area contributed by atoms with Crippen LogP contribution in [-0.2, 0) is 43.7 Å². The Bertz CT molecular complexity index is 460. The van der Waals surface area contributed by atoms with Gasteiger partial charge < -0.3 is 10.2 Å². The Morgan fingerprint density at radius 2 is 0.941 bits per heavy atom. The topological polar surface area (TPSA) is 74.6 Å². The SMILES string of the molecule is CC(C)(C)CCCCCC(=O)O.CCCCCCCCC=CCCCCCCCC(=O)O.[Fe].[Fe]. The number of hydrogen-bond acceptors (Lipinski definition) is 2. The van der Waals surface area contributed by atoms with Gasteiger partial charge in [0.2, 0.25) is 0 Å². The third-order valence-corrected chi connectivity index (χ3v) is 5.47. The van der Waals surface area contributed by atoms with Gasteiger partial charge in [0.05, 0.1) is 0 Å². The molecular weight excluding hydrogens is 512 g/mol. The van der Waals surface area contributed by atoms with Crippen molar-refractivity contribution < 1.29 is 53.9 Å². The molecule has 0 amide bonds. The molecule has 206 valence electrons. The van der Waals surface area contributed by atoms with Crippen LogP contribution >= 0.6 is 0 Å². The first kappa shape index (κ1) is 40.9. The number of rotatable bonds is 20. The number of hydrogen-bond donors (Lipinski definition) is 2. The number of carboxylic acid groups (broad SMARTS) is 2. The summed E-state index contributed by atoms with van der Waals surface area (Å²) in [6.07, 6.45) is 25.8. The molecule has 0 unspecified atom stereocenters. The Morgan fingerprint density at radius 1 is 0.588 bits per heavy atom. The maximum atomic E-state index is 10.3. The van der Waals surface area contributed by atoms with Gasteiger partial charge in [-0.1, -0.05) is 104 Å². The molecule has 4 nitrogen and oxygen atoms in total. The molecular formula is C28H54Fe2O4. The molecule has 34 heavy (non-hydrogen) atoms. The fraction of sp³-hybridized carbons (Fsp3) is 0.857. The smallest absolute Gasteiger partial charge is 0.303 e. The van der Waals surface area contributed by atoms with E-state index in [-0.39, 0.29) is 34.1 Å². The summed E-state index contributed by atoms with van der Waals surface area (Å²) in [5.74, 6) is -1.34. The Kier molecular flexibility index (Phi) is 37.0. The van der Waals surface area contributed by atoms with Crippen molar-refractivity contribution in [2.45, 2.75) is 150 Å². The van der Waals surface area contributed by atoms with E-state index in [1.807, 2.05) is 0 Å². The van der Waals surface area contributed by atoms with Crippen molar-refractivity contribution in [1.82, 2.24) is 0 Å². The Hall–Kier alpha value is -0.281. The zero-order valence-corrected chi connectivity index (χ0v) is 24.7. The van der Waals surface area contributed by atoms with Gasteiger partial charge in [0.25, 0.3) is 0 Å². The van der Waals surface area contributed by atoms with Crippen LogP contribution in [0.3, 0.4) is 0 Å². The first-order valence-electron chi connectivity index (χ1n) is 13.3. The normalized spacial score (nSPS) is 10.7. The Balaban J connectivity index is -0.000000279. The van der Waals surface area contributed by atoms with Crippen LogP contribution in [-0.4, -0.2) is 22.2 Å². The standard InChI is InChI=1S/C18H34O2.C10H20O2.2Fe/c1-2-3-4-5-6-7-8-9-10-11-12-13-14-15-16-17-18(19)20;1-10(2,3)8-6-4-5-7-9(11)12;;/h9-10H,2-8,11-17H2,1H3,(H,19,20);4-8H2,1-3H3,(H,11,12);;. The average Bonchev–Trinajstić information content (AvgIpc) is 2.70. The Morgan fingerprint density at radius 3 is 1.32 bits per heavy atom. The molecule has 0 aromatic heterocycles. The maximum Gasteiger partial charge on any atom is 0.303 e. The molecule has 0 aromatic carbocycles. The van der Waals surface area contributed by atoms with Crippen LogP contribution in [0, 0.1) is 5.41 Å². The molecule has 0 radical (unpaired) electrons. The van der Waals surface area contributed by atoms with E-state index in [1.54, 1.807) is 0 Å². The molecule has 0 saturated heterocycles. The van der Waals surface area contributed by atoms with Crippen LogP contribution in [0.1, 0.15) is 150 Å². The van der Waals surface area contributed by atoms with Gasteiger partial charge in [-0.3, -0.25) is 9.59 Å². The molecule has 0 aliphatic rings. The summed E-state index contributed by atoms with van der Waals surface area (Å²) in [7, 11) is 0. The molecule has 0 aliphatic heterocycles. The third-order valence-electron chi connectivity index (χ3n) is 5.47. The van der Waals surface area contributed by atoms with Crippen LogP contribution in [0.4, 0.5) is 0 Å². The maximum absolute atomic E-state index is 10.3. The van der Waals surface area contributed by atoms with E-state index in [0.29, 0.717) is 18.3 Å². The predicted molar refractivity (Wildman–Crippen MR) is 137 cm³/mol. The molecule has 6 heteroatoms. The molecule has 0 atom stereocenters. The number of carbonyl (C=O) groups is 2. The summed E-state index contributed by atoms with van der Waals surface area (Å²) in [4.78, 5) is 20.5. The quantitative estimate of drug-likeness (QED) is 0.0876. The number of carboxylic acids is 2. The molecule has 0 fully saturated rings. The molecule has 0 rings (SSSR count). The average molecular weight is 566 g/mol. The minimum absolute atomic E-state index is 0. The first-order chi connectivity index (χ1) is 15.2. The van der Waals surface area contributed by atoms with Gasteiger partial charge in [-0.05, 0) is 50.4 Å². The molecule has 0 aromatic rings. The molecule has 0 bridgehead atoms. The first-order valence-corrected chi connectivity index (χ1v) is 13.3. The summed E-state index contributed by atoms with van der Waals surface area (Å²) in [6, 6.07) is 0. The molecule has 0 aliphatic carbocycles. The summed E-state index contributed by atoms with van der Waals surface area (Å²) in [6.45, 7) is 8.90. The van der Waals surface area contributed by atoms with E-state index in [0.717, 1.165) is 32.1 Å². The van der Waals surface area contributed by atoms with E-state index in [4.69, 9.17) is 10.2 Å². The molecule has 2 N–H and O–H groups in total. The number of unbranched alkanes of at least 4 members (excludes halogenated alkanes) is 13. The monoisotopic (exact) mass is 566 g/mol. The number of allylic oxidation sites excluding steroid dienone is 2. The van der Waals surface area contributed by atoms with Crippen LogP contribution in [0.25, 0.3) is 0 Å². The second kappa shape index (κ2) is 30.7. The summed E-state index contributed by atoms with van der Waals surface area (Å²) >= 11 is 0. The van der Waals surface area contributed by atoms with Crippen molar-refractivity contribution in [2.75, 3.05) is 0 Å². The van der Waals surface area contributed by atoms with Crippen LogP contribution in [0.5, 0.6) is 0 Å². The zero-order valence-electron chi connectivity index (χ0n) is 22.5. The van der Waals surface area contributed by atoms with E-state index in [9.17, 15) is 9.59 Å². The molecule has 0 heterocycles. The summed E-state index contributed by atoms with van der Waals surface area (Å²) in [5.41, 5.74) is 0.392. The van der Waals surface area contributed by atoms with Crippen molar-refractivity contribution >= 4 is 11.9 Å². The van der Waals surface area contributed by atoms with Crippen LogP contribution in [0.15, 0.2) is 12.2 Å². The van der Waals surface area contributed by atoms with Gasteiger partial charge in [0.15, 0.2) is 0 Å². The van der Waals surface area contributed by atoms with Crippen LogP contribution in [0.2, 0.25) is 0 Å². The second-order valence-electron chi connectivity index (χ2n) is 10.2. The van der Waals surface area contributed by atoms with Gasteiger partial charge >= 0.3 is 11.9 Å². The predicted octanol–water partition coefficient (Wildman–Crippen LogP) is 9.17. The van der Waals surface area contributed by atoms with Gasteiger partial charge in [-0.15, -0.1) is 0 Å². The van der Waals surface area contributed by atoms with Crippen molar-refractivity contribution in [3.63, 3.8) is 0 Å². The van der Waals surface area contributed by atoms with Gasteiger partial charge in [0, 0.05) is 47.0 Å². The van der Waals surface area contributed by atoms with Crippen molar-refractivity contribution in [2.24, 2.45) is 5.41 Å². The van der Waals surface area contributed by atoms with Crippen molar-refractivity contribution in [3.05, 3.63) is 12.2 Å². The van der Waals surface area contributed by atoms with Gasteiger partial charge in [-0.25, -0.2) is 0 Å². The van der Waals surface area contributed by atoms with Gasteiger partial charge in [0.1, 0.15) is 0 Å². The Labute approximate surface area is 232 Å². The second-order valence-corrected chi connectivity index (χ2v) is 10.2. The van der Waals surface area contributed by atoms with E-state index < -0.39 is 11.9 Å². The van der Waals surface area contributed by atoms with Crippen molar-refractivity contribution in [1.29, 1.82) is 0 Å². The third kappa shape index (κ3) is 45.3. The molecule has 0 saturated carbocycles. The summed E-state index contributed by atoms with van der Waals surface area (Å²) in [5, 5.41) is 16.9. The largest absolute Gasteiger partial charge is 0.481 e. The fourth-order valence-electron chi connectivity index (χ4n) is 3.46. The van der Waals surface area contributed by atoms with Crippen LogP contribution < -0.4 is 0 Å². The minimum atomic E-state index is -0.675. The van der Waals surface area contributed by atoms with E-state index >= 15 is 0 Å². The van der Waals surface area contributed by atoms with E-state index in [1.165, 1.54) is 77.0 Å². The number of aliphatic carboxylic acids is 2. The zero-order chi connectivity index (χ0) is 24.5. The fourth-order valence-corrected chi connectivity index (χ4v) is 3.46. The molecule has 0 spiro atoms. The van der Waals surface area contributed by atoms with Crippen molar-refractivity contribution in [3.8, 4) is 0 Å². The minimum Gasteiger partial charge on any atom is -0.481 e. The van der Waals surface area contributed by atoms with E-state index in [2.05, 4.69) is 39.8 Å². The summed E-state index contributed by atoms with van der Waals surface area (Å²) < 4.78 is 0. The van der Waals surface area contributed by atoms with Gasteiger partial charge in [-0.2, -0.15) is 0 Å².